The normalized spacial score (nSPS) is 17.5. The van der Waals surface area contributed by atoms with Crippen LogP contribution in [0.1, 0.15) is 40.7 Å². The Morgan fingerprint density at radius 1 is 1.36 bits per heavy atom. The number of halogens is 1. The highest BCUT2D eigenvalue weighted by Gasteiger charge is 2.24. The first-order valence-corrected chi connectivity index (χ1v) is 9.14. The second-order valence-electron chi connectivity index (χ2n) is 6.79. The van der Waals surface area contributed by atoms with Crippen LogP contribution in [-0.2, 0) is 6.42 Å². The molecule has 1 fully saturated rings. The first-order chi connectivity index (χ1) is 12.0. The molecule has 0 bridgehead atoms. The third-order valence-corrected chi connectivity index (χ3v) is 5.27. The van der Waals surface area contributed by atoms with Gasteiger partial charge in [0.2, 0.25) is 0 Å². The van der Waals surface area contributed by atoms with Gasteiger partial charge in [0, 0.05) is 19.3 Å². The second kappa shape index (κ2) is 7.87. The second-order valence-corrected chi connectivity index (χ2v) is 7.20. The first kappa shape index (κ1) is 17.7. The zero-order valence-corrected chi connectivity index (χ0v) is 15.2. The van der Waals surface area contributed by atoms with Crippen LogP contribution in [0.2, 0.25) is 5.02 Å². The molecule has 0 radical (unpaired) electrons. The van der Waals surface area contributed by atoms with Gasteiger partial charge in [-0.3, -0.25) is 9.59 Å². The summed E-state index contributed by atoms with van der Waals surface area (Å²) in [6, 6.07) is 9.93. The van der Waals surface area contributed by atoms with Gasteiger partial charge in [-0.1, -0.05) is 35.9 Å². The minimum Gasteiger partial charge on any atom is -0.338 e. The molecule has 1 aliphatic rings. The van der Waals surface area contributed by atoms with Gasteiger partial charge in [0.1, 0.15) is 5.02 Å². The van der Waals surface area contributed by atoms with E-state index in [0.717, 1.165) is 38.8 Å². The number of hydrogen-bond donors (Lipinski definition) is 1. The van der Waals surface area contributed by atoms with Gasteiger partial charge in [-0.05, 0) is 55.7 Å². The fourth-order valence-electron chi connectivity index (χ4n) is 3.50. The van der Waals surface area contributed by atoms with E-state index in [0.29, 0.717) is 11.5 Å². The van der Waals surface area contributed by atoms with Crippen LogP contribution in [0.5, 0.6) is 0 Å². The van der Waals surface area contributed by atoms with Crippen LogP contribution >= 0.6 is 11.6 Å². The van der Waals surface area contributed by atoms with Crippen molar-refractivity contribution >= 4 is 17.5 Å². The number of rotatable bonds is 4. The van der Waals surface area contributed by atoms with E-state index in [9.17, 15) is 9.59 Å². The van der Waals surface area contributed by atoms with Crippen molar-refractivity contribution in [3.63, 3.8) is 0 Å². The summed E-state index contributed by atoms with van der Waals surface area (Å²) < 4.78 is 0. The van der Waals surface area contributed by atoms with E-state index in [1.807, 2.05) is 4.90 Å². The van der Waals surface area contributed by atoms with Gasteiger partial charge in [-0.25, -0.2) is 0 Å². The number of benzene rings is 1. The minimum absolute atomic E-state index is 0.0546. The average Bonchev–Trinajstić information content (AvgIpc) is 2.63. The molecule has 3 rings (SSSR count). The predicted octanol–water partition coefficient (Wildman–Crippen LogP) is 3.82. The summed E-state index contributed by atoms with van der Waals surface area (Å²) in [6.45, 7) is 3.67. The van der Waals surface area contributed by atoms with Crippen LogP contribution in [0.3, 0.4) is 0 Å². The highest BCUT2D eigenvalue weighted by molar-refractivity contribution is 6.30. The maximum Gasteiger partial charge on any atom is 0.266 e. The molecule has 1 atom stereocenters. The lowest BCUT2D eigenvalue weighted by Crippen LogP contribution is -2.40. The summed E-state index contributed by atoms with van der Waals surface area (Å²) in [6.07, 6.45) is 5.75. The van der Waals surface area contributed by atoms with Crippen molar-refractivity contribution in [1.82, 2.24) is 9.88 Å². The van der Waals surface area contributed by atoms with Gasteiger partial charge >= 0.3 is 0 Å². The lowest BCUT2D eigenvalue weighted by Gasteiger charge is -2.33. The molecule has 1 aliphatic heterocycles. The summed E-state index contributed by atoms with van der Waals surface area (Å²) >= 11 is 5.84. The number of carbonyl (C=O) groups excluding carboxylic acids is 1. The van der Waals surface area contributed by atoms with Crippen molar-refractivity contribution in [3.05, 3.63) is 68.6 Å². The zero-order valence-electron chi connectivity index (χ0n) is 14.4. The van der Waals surface area contributed by atoms with Crippen LogP contribution in [0, 0.1) is 12.8 Å². The monoisotopic (exact) mass is 358 g/mol. The van der Waals surface area contributed by atoms with E-state index in [2.05, 4.69) is 36.2 Å². The number of carbonyl (C=O) groups is 1. The number of nitrogens with zero attached hydrogens (tertiary/aromatic N) is 1. The number of aromatic nitrogens is 1. The van der Waals surface area contributed by atoms with Crippen molar-refractivity contribution in [1.29, 1.82) is 0 Å². The summed E-state index contributed by atoms with van der Waals surface area (Å²) in [5.74, 6) is 0.453. The molecule has 0 aliphatic carbocycles. The Kier molecular flexibility index (Phi) is 5.59. The van der Waals surface area contributed by atoms with E-state index in [4.69, 9.17) is 11.6 Å². The minimum atomic E-state index is -0.368. The van der Waals surface area contributed by atoms with Crippen LogP contribution in [0.25, 0.3) is 0 Å². The SMILES string of the molecule is Cc1ccccc1CCC1CCCN(C(=O)c2c[nH]c(=O)c(Cl)c2)C1. The van der Waals surface area contributed by atoms with Crippen molar-refractivity contribution in [3.8, 4) is 0 Å². The van der Waals surface area contributed by atoms with Gasteiger partial charge in [-0.2, -0.15) is 0 Å². The molecule has 2 aromatic rings. The molecule has 4 nitrogen and oxygen atoms in total. The smallest absolute Gasteiger partial charge is 0.266 e. The molecule has 132 valence electrons. The fraction of sp³-hybridized carbons (Fsp3) is 0.400. The maximum absolute atomic E-state index is 12.7. The molecule has 1 aromatic carbocycles. The van der Waals surface area contributed by atoms with Crippen molar-refractivity contribution in [2.75, 3.05) is 13.1 Å². The molecule has 1 unspecified atom stereocenters. The van der Waals surface area contributed by atoms with Crippen LogP contribution in [0.4, 0.5) is 0 Å². The van der Waals surface area contributed by atoms with E-state index < -0.39 is 0 Å². The molecule has 1 saturated heterocycles. The number of piperidine rings is 1. The molecular formula is C20H23ClN2O2. The van der Waals surface area contributed by atoms with Gasteiger partial charge in [-0.15, -0.1) is 0 Å². The number of H-pyrrole nitrogens is 1. The Balaban J connectivity index is 1.62. The molecular weight excluding hydrogens is 336 g/mol. The molecule has 1 amide bonds. The van der Waals surface area contributed by atoms with E-state index >= 15 is 0 Å². The van der Waals surface area contributed by atoms with Gasteiger partial charge in [0.25, 0.3) is 11.5 Å². The van der Waals surface area contributed by atoms with Gasteiger partial charge in [0.05, 0.1) is 5.56 Å². The first-order valence-electron chi connectivity index (χ1n) is 8.76. The highest BCUT2D eigenvalue weighted by atomic mass is 35.5. The Bertz CT molecular complexity index is 815. The molecule has 0 spiro atoms. The maximum atomic E-state index is 12.7. The Morgan fingerprint density at radius 3 is 2.92 bits per heavy atom. The Morgan fingerprint density at radius 2 is 2.16 bits per heavy atom. The highest BCUT2D eigenvalue weighted by Crippen LogP contribution is 2.24. The number of likely N-dealkylation sites (tertiary alicyclic amines) is 1. The molecule has 1 aromatic heterocycles. The summed E-state index contributed by atoms with van der Waals surface area (Å²) in [4.78, 5) is 28.4. The van der Waals surface area contributed by atoms with E-state index in [1.165, 1.54) is 23.4 Å². The molecule has 25 heavy (non-hydrogen) atoms. The zero-order chi connectivity index (χ0) is 17.8. The summed E-state index contributed by atoms with van der Waals surface area (Å²) in [5, 5.41) is 0.0546. The van der Waals surface area contributed by atoms with Crippen molar-refractivity contribution < 1.29 is 4.79 Å². The van der Waals surface area contributed by atoms with Crippen molar-refractivity contribution in [2.24, 2.45) is 5.92 Å². The molecule has 1 N–H and O–H groups in total. The van der Waals surface area contributed by atoms with Gasteiger partial charge < -0.3 is 9.88 Å². The lowest BCUT2D eigenvalue weighted by atomic mass is 9.90. The number of aryl methyl sites for hydroxylation is 2. The number of pyridine rings is 1. The third-order valence-electron chi connectivity index (χ3n) is 4.99. The largest absolute Gasteiger partial charge is 0.338 e. The lowest BCUT2D eigenvalue weighted by molar-refractivity contribution is 0.0668. The van der Waals surface area contributed by atoms with E-state index in [-0.39, 0.29) is 16.5 Å². The van der Waals surface area contributed by atoms with E-state index in [1.54, 1.807) is 0 Å². The number of aromatic amines is 1. The molecule has 0 saturated carbocycles. The van der Waals surface area contributed by atoms with Crippen molar-refractivity contribution in [2.45, 2.75) is 32.6 Å². The fourth-order valence-corrected chi connectivity index (χ4v) is 3.67. The van der Waals surface area contributed by atoms with Gasteiger partial charge in [0.15, 0.2) is 0 Å². The Hall–Kier alpha value is -2.07. The Labute approximate surface area is 152 Å². The summed E-state index contributed by atoms with van der Waals surface area (Å²) in [5.41, 5.74) is 2.80. The number of amides is 1. The average molecular weight is 359 g/mol. The quantitative estimate of drug-likeness (QED) is 0.903. The van der Waals surface area contributed by atoms with Crippen LogP contribution < -0.4 is 5.56 Å². The predicted molar refractivity (Wildman–Crippen MR) is 100 cm³/mol. The number of hydrogen-bond acceptors (Lipinski definition) is 2. The topological polar surface area (TPSA) is 53.2 Å². The molecule has 2 heterocycles. The van der Waals surface area contributed by atoms with Crippen LogP contribution in [0.15, 0.2) is 41.3 Å². The third kappa shape index (κ3) is 4.31. The number of nitrogens with one attached hydrogen (secondary N) is 1. The standard InChI is InChI=1S/C20H23ClN2O2/c1-14-5-2-3-7-16(14)9-8-15-6-4-10-23(13-15)20(25)17-11-18(21)19(24)22-12-17/h2-3,5,7,11-12,15H,4,6,8-10,13H2,1H3,(H,22,24). The van der Waals surface area contributed by atoms with Crippen LogP contribution in [-0.4, -0.2) is 28.9 Å². The summed E-state index contributed by atoms with van der Waals surface area (Å²) in [7, 11) is 0. The molecule has 5 heteroatoms.